The molecule has 3 unspecified atom stereocenters. The van der Waals surface area contributed by atoms with Crippen LogP contribution in [0, 0.1) is 0 Å². The second-order valence-electron chi connectivity index (χ2n) is 6.41. The number of aliphatic hydroxyl groups excluding tert-OH is 1. The van der Waals surface area contributed by atoms with E-state index in [0.29, 0.717) is 11.1 Å². The SMILES string of the molecule is O=C(NC1C(=O)N(C(C(=O)O)c2ccccc2)C1CO)/C(=N/O)c1ccccc1. The Bertz CT molecular complexity index is 932. The van der Waals surface area contributed by atoms with E-state index < -0.39 is 42.5 Å². The third-order valence-corrected chi connectivity index (χ3v) is 4.73. The van der Waals surface area contributed by atoms with Gasteiger partial charge in [0.25, 0.3) is 5.91 Å². The number of benzene rings is 2. The number of aliphatic carboxylic acids is 1. The first kappa shape index (κ1) is 20.0. The van der Waals surface area contributed by atoms with Gasteiger partial charge >= 0.3 is 5.97 Å². The number of β-lactam (4-membered cyclic amide) rings is 1. The molecular weight excluding hydrogens is 378 g/mol. The van der Waals surface area contributed by atoms with Gasteiger partial charge < -0.3 is 25.6 Å². The predicted molar refractivity (Wildman–Crippen MR) is 101 cm³/mol. The molecule has 29 heavy (non-hydrogen) atoms. The normalized spacial score (nSPS) is 20.0. The number of hydrogen-bond donors (Lipinski definition) is 4. The summed E-state index contributed by atoms with van der Waals surface area (Å²) in [5.74, 6) is -2.73. The number of aliphatic hydroxyl groups is 1. The highest BCUT2D eigenvalue weighted by molar-refractivity contribution is 6.45. The van der Waals surface area contributed by atoms with E-state index in [9.17, 15) is 29.8 Å². The van der Waals surface area contributed by atoms with Crippen LogP contribution in [0.2, 0.25) is 0 Å². The zero-order valence-corrected chi connectivity index (χ0v) is 15.2. The van der Waals surface area contributed by atoms with Crippen molar-refractivity contribution in [2.45, 2.75) is 18.1 Å². The molecule has 2 aromatic carbocycles. The van der Waals surface area contributed by atoms with Gasteiger partial charge in [0.15, 0.2) is 11.8 Å². The fourth-order valence-electron chi connectivity index (χ4n) is 3.33. The maximum atomic E-state index is 12.7. The number of nitrogens with one attached hydrogen (secondary N) is 1. The van der Waals surface area contributed by atoms with Gasteiger partial charge in [0, 0.05) is 5.56 Å². The highest BCUT2D eigenvalue weighted by Gasteiger charge is 2.53. The van der Waals surface area contributed by atoms with Crippen molar-refractivity contribution < 1.29 is 29.8 Å². The minimum atomic E-state index is -1.30. The van der Waals surface area contributed by atoms with Crippen molar-refractivity contribution in [2.75, 3.05) is 6.61 Å². The lowest BCUT2D eigenvalue weighted by Gasteiger charge is -2.49. The fourth-order valence-corrected chi connectivity index (χ4v) is 3.33. The van der Waals surface area contributed by atoms with Gasteiger partial charge in [0.05, 0.1) is 12.6 Å². The molecule has 0 saturated carbocycles. The van der Waals surface area contributed by atoms with E-state index in [2.05, 4.69) is 10.5 Å². The number of oxime groups is 1. The maximum absolute atomic E-state index is 12.7. The summed E-state index contributed by atoms with van der Waals surface area (Å²) in [5.41, 5.74) is 0.411. The van der Waals surface area contributed by atoms with Crippen molar-refractivity contribution in [1.29, 1.82) is 0 Å². The molecule has 1 saturated heterocycles. The van der Waals surface area contributed by atoms with Crippen LogP contribution < -0.4 is 5.32 Å². The van der Waals surface area contributed by atoms with E-state index in [1.165, 1.54) is 0 Å². The number of carbonyl (C=O) groups is 3. The van der Waals surface area contributed by atoms with E-state index in [1.807, 2.05) is 0 Å². The summed E-state index contributed by atoms with van der Waals surface area (Å²) >= 11 is 0. The Morgan fingerprint density at radius 3 is 2.17 bits per heavy atom. The number of hydrogen-bond acceptors (Lipinski definition) is 6. The molecule has 2 amide bonds. The predicted octanol–water partition coefficient (Wildman–Crippen LogP) is 0.379. The van der Waals surface area contributed by atoms with Crippen molar-refractivity contribution in [2.24, 2.45) is 5.16 Å². The molecule has 3 rings (SSSR count). The van der Waals surface area contributed by atoms with E-state index >= 15 is 0 Å². The van der Waals surface area contributed by atoms with Gasteiger partial charge in [-0.05, 0) is 5.56 Å². The minimum absolute atomic E-state index is 0.300. The lowest BCUT2D eigenvalue weighted by atomic mass is 9.90. The Balaban J connectivity index is 1.80. The second-order valence-corrected chi connectivity index (χ2v) is 6.41. The molecule has 3 atom stereocenters. The quantitative estimate of drug-likeness (QED) is 0.230. The molecular formula is C20H19N3O6. The van der Waals surface area contributed by atoms with Gasteiger partial charge in [0.2, 0.25) is 5.91 Å². The van der Waals surface area contributed by atoms with Crippen LogP contribution in [0.3, 0.4) is 0 Å². The van der Waals surface area contributed by atoms with E-state index in [-0.39, 0.29) is 5.71 Å². The van der Waals surface area contributed by atoms with E-state index in [4.69, 9.17) is 0 Å². The van der Waals surface area contributed by atoms with Crippen LogP contribution in [0.5, 0.6) is 0 Å². The topological polar surface area (TPSA) is 140 Å². The molecule has 1 aliphatic heterocycles. The van der Waals surface area contributed by atoms with Gasteiger partial charge in [-0.25, -0.2) is 4.79 Å². The maximum Gasteiger partial charge on any atom is 0.331 e. The van der Waals surface area contributed by atoms with Crippen LogP contribution in [0.25, 0.3) is 0 Å². The Kier molecular flexibility index (Phi) is 5.89. The first-order valence-electron chi connectivity index (χ1n) is 8.78. The molecule has 9 heteroatoms. The lowest BCUT2D eigenvalue weighted by molar-refractivity contribution is -0.169. The number of carboxylic acids is 1. The second kappa shape index (κ2) is 8.53. The third kappa shape index (κ3) is 3.81. The molecule has 1 aliphatic rings. The summed E-state index contributed by atoms with van der Waals surface area (Å²) < 4.78 is 0. The van der Waals surface area contributed by atoms with Crippen molar-refractivity contribution in [3.63, 3.8) is 0 Å². The van der Waals surface area contributed by atoms with Crippen molar-refractivity contribution >= 4 is 23.5 Å². The number of carbonyl (C=O) groups excluding carboxylic acids is 2. The summed E-state index contributed by atoms with van der Waals surface area (Å²) in [6.45, 7) is -0.551. The summed E-state index contributed by atoms with van der Waals surface area (Å²) in [5, 5.41) is 34.0. The summed E-state index contributed by atoms with van der Waals surface area (Å²) in [4.78, 5) is 38.0. The first-order chi connectivity index (χ1) is 14.0. The highest BCUT2D eigenvalue weighted by atomic mass is 16.4. The van der Waals surface area contributed by atoms with Crippen molar-refractivity contribution in [1.82, 2.24) is 10.2 Å². The van der Waals surface area contributed by atoms with Crippen LogP contribution in [0.1, 0.15) is 17.2 Å². The number of likely N-dealkylation sites (tertiary alicyclic amines) is 1. The molecule has 0 radical (unpaired) electrons. The molecule has 150 valence electrons. The monoisotopic (exact) mass is 397 g/mol. The van der Waals surface area contributed by atoms with Crippen molar-refractivity contribution in [3.8, 4) is 0 Å². The van der Waals surface area contributed by atoms with Crippen molar-refractivity contribution in [3.05, 3.63) is 71.8 Å². The third-order valence-electron chi connectivity index (χ3n) is 4.73. The largest absolute Gasteiger partial charge is 0.479 e. The molecule has 1 fully saturated rings. The Labute approximate surface area is 165 Å². The van der Waals surface area contributed by atoms with E-state index in [0.717, 1.165) is 4.90 Å². The molecule has 2 aromatic rings. The molecule has 0 aromatic heterocycles. The van der Waals surface area contributed by atoms with Gasteiger partial charge in [-0.3, -0.25) is 9.59 Å². The molecule has 9 nitrogen and oxygen atoms in total. The molecule has 1 heterocycles. The minimum Gasteiger partial charge on any atom is -0.479 e. The average molecular weight is 397 g/mol. The molecule has 0 bridgehead atoms. The highest BCUT2D eigenvalue weighted by Crippen LogP contribution is 2.32. The number of amides is 2. The standard InChI is InChI=1S/C20H19N3O6/c24-11-14-16(21-18(25)15(22-29)12-7-3-1-4-8-12)19(26)23(14)17(20(27)28)13-9-5-2-6-10-13/h1-10,14,16-17,24,29H,11H2,(H,21,25)(H,27,28)/b22-15+. The zero-order chi connectivity index (χ0) is 21.0. The van der Waals surface area contributed by atoms with Crippen LogP contribution in [-0.4, -0.2) is 62.5 Å². The average Bonchev–Trinajstić information content (AvgIpc) is 2.74. The van der Waals surface area contributed by atoms with Gasteiger partial charge in [0.1, 0.15) is 6.04 Å². The lowest BCUT2D eigenvalue weighted by Crippen LogP contribution is -2.73. The molecule has 0 spiro atoms. The summed E-state index contributed by atoms with van der Waals surface area (Å²) in [6.07, 6.45) is 0. The number of carboxylic acid groups (broad SMARTS) is 1. The fraction of sp³-hybridized carbons (Fsp3) is 0.200. The van der Waals surface area contributed by atoms with Crippen LogP contribution >= 0.6 is 0 Å². The summed E-state index contributed by atoms with van der Waals surface area (Å²) in [7, 11) is 0. The first-order valence-corrected chi connectivity index (χ1v) is 8.78. The summed E-state index contributed by atoms with van der Waals surface area (Å²) in [6, 6.07) is 12.9. The van der Waals surface area contributed by atoms with Gasteiger partial charge in [-0.15, -0.1) is 0 Å². The van der Waals surface area contributed by atoms with Gasteiger partial charge in [-0.2, -0.15) is 0 Å². The molecule has 4 N–H and O–H groups in total. The Morgan fingerprint density at radius 2 is 1.66 bits per heavy atom. The van der Waals surface area contributed by atoms with E-state index in [1.54, 1.807) is 60.7 Å². The van der Waals surface area contributed by atoms with Crippen LogP contribution in [0.15, 0.2) is 65.8 Å². The number of rotatable bonds is 7. The van der Waals surface area contributed by atoms with Crippen LogP contribution in [-0.2, 0) is 14.4 Å². The smallest absolute Gasteiger partial charge is 0.331 e. The van der Waals surface area contributed by atoms with Gasteiger partial charge in [-0.1, -0.05) is 65.8 Å². The Hall–Kier alpha value is -3.72. The number of nitrogens with zero attached hydrogens (tertiary/aromatic N) is 2. The Morgan fingerprint density at radius 1 is 1.07 bits per heavy atom. The van der Waals surface area contributed by atoms with Crippen LogP contribution in [0.4, 0.5) is 0 Å². The molecule has 0 aliphatic carbocycles. The zero-order valence-electron chi connectivity index (χ0n) is 15.2.